The summed E-state index contributed by atoms with van der Waals surface area (Å²) < 4.78 is 13.7. The summed E-state index contributed by atoms with van der Waals surface area (Å²) in [4.78, 5) is 23.7. The zero-order valence-electron chi connectivity index (χ0n) is 23.8. The Bertz CT molecular complexity index is 1280. The summed E-state index contributed by atoms with van der Waals surface area (Å²) in [5, 5.41) is 9.43. The minimum absolute atomic E-state index is 0.113. The van der Waals surface area contributed by atoms with Gasteiger partial charge in [-0.15, -0.1) is 5.10 Å². The molecule has 2 fully saturated rings. The molecule has 0 bridgehead atoms. The molecular weight excluding hydrogens is 492 g/mol. The van der Waals surface area contributed by atoms with E-state index in [1.54, 1.807) is 11.1 Å². The van der Waals surface area contributed by atoms with Crippen molar-refractivity contribution in [3.8, 4) is 23.1 Å². The zero-order valence-corrected chi connectivity index (χ0v) is 23.8. The largest absolute Gasteiger partial charge is 0.444 e. The monoisotopic (exact) mass is 532 g/mol. The molecule has 1 amide bonds. The van der Waals surface area contributed by atoms with E-state index in [-0.39, 0.29) is 12.1 Å². The van der Waals surface area contributed by atoms with Crippen LogP contribution in [0.15, 0.2) is 30.5 Å². The third kappa shape index (κ3) is 6.57. The first-order valence-electron chi connectivity index (χ1n) is 14.2. The van der Waals surface area contributed by atoms with Gasteiger partial charge in [-0.1, -0.05) is 30.5 Å². The number of benzene rings is 1. The van der Waals surface area contributed by atoms with E-state index < -0.39 is 5.60 Å². The number of carbonyl (C=O) groups is 1. The van der Waals surface area contributed by atoms with Gasteiger partial charge in [-0.2, -0.15) is 4.98 Å². The Kier molecular flexibility index (Phi) is 7.86. The molecule has 3 aromatic rings. The Morgan fingerprint density at radius 1 is 0.974 bits per heavy atom. The second-order valence-electron chi connectivity index (χ2n) is 12.0. The van der Waals surface area contributed by atoms with Gasteiger partial charge in [0.1, 0.15) is 17.0 Å². The van der Waals surface area contributed by atoms with E-state index >= 15 is 0 Å². The maximum Gasteiger partial charge on any atom is 0.410 e. The number of aryl methyl sites for hydroxylation is 2. The summed E-state index contributed by atoms with van der Waals surface area (Å²) >= 11 is 0. The lowest BCUT2D eigenvalue weighted by molar-refractivity contribution is 0.0185. The van der Waals surface area contributed by atoms with Crippen molar-refractivity contribution in [1.29, 1.82) is 0 Å². The molecule has 1 saturated carbocycles. The maximum atomic E-state index is 12.6. The molecule has 1 aliphatic heterocycles. The summed E-state index contributed by atoms with van der Waals surface area (Å²) in [5.74, 6) is 1.08. The van der Waals surface area contributed by atoms with E-state index in [1.165, 1.54) is 19.3 Å². The highest BCUT2D eigenvalue weighted by Crippen LogP contribution is 2.39. The molecule has 208 valence electrons. The minimum atomic E-state index is -0.508. The number of nitrogens with zero attached hydrogens (tertiary/aromatic N) is 6. The third-order valence-corrected chi connectivity index (χ3v) is 7.45. The number of carbonyl (C=O) groups excluding carboxylic acids is 1. The third-order valence-electron chi connectivity index (χ3n) is 7.45. The number of hydrogen-bond acceptors (Lipinski definition) is 7. The molecule has 1 aliphatic carbocycles. The highest BCUT2D eigenvalue weighted by molar-refractivity contribution is 5.68. The van der Waals surface area contributed by atoms with Gasteiger partial charge in [-0.05, 0) is 89.6 Å². The van der Waals surface area contributed by atoms with E-state index in [9.17, 15) is 4.79 Å². The Morgan fingerprint density at radius 3 is 2.33 bits per heavy atom. The molecule has 9 nitrogen and oxygen atoms in total. The van der Waals surface area contributed by atoms with Gasteiger partial charge in [-0.25, -0.2) is 14.5 Å². The average Bonchev–Trinajstić information content (AvgIpc) is 3.33. The number of hydrogen-bond donors (Lipinski definition) is 0. The SMILES string of the molecule is Cc1cc(C)cc(Oc2nccc(-c3c(C4CCCCC4)nnn3C3CCN(C(=O)OC(C)(C)C)CC3)n2)c1. The van der Waals surface area contributed by atoms with E-state index in [4.69, 9.17) is 19.6 Å². The van der Waals surface area contributed by atoms with E-state index in [1.807, 2.05) is 57.5 Å². The van der Waals surface area contributed by atoms with Gasteiger partial charge in [0.05, 0.1) is 17.4 Å². The van der Waals surface area contributed by atoms with Crippen LogP contribution < -0.4 is 4.74 Å². The highest BCUT2D eigenvalue weighted by atomic mass is 16.6. The number of ether oxygens (including phenoxy) is 2. The molecule has 1 saturated heterocycles. The molecule has 0 spiro atoms. The smallest absolute Gasteiger partial charge is 0.410 e. The Labute approximate surface area is 230 Å². The molecule has 0 unspecified atom stereocenters. The van der Waals surface area contributed by atoms with Crippen LogP contribution in [0.3, 0.4) is 0 Å². The van der Waals surface area contributed by atoms with Crippen molar-refractivity contribution in [1.82, 2.24) is 29.9 Å². The molecule has 0 atom stereocenters. The summed E-state index contributed by atoms with van der Waals surface area (Å²) in [6.45, 7) is 11.0. The van der Waals surface area contributed by atoms with Gasteiger partial charge < -0.3 is 14.4 Å². The zero-order chi connectivity index (χ0) is 27.6. The fraction of sp³-hybridized carbons (Fsp3) is 0.567. The normalized spacial score (nSPS) is 17.3. The maximum absolute atomic E-state index is 12.6. The highest BCUT2D eigenvalue weighted by Gasteiger charge is 2.32. The number of amides is 1. The van der Waals surface area contributed by atoms with Crippen LogP contribution in [0, 0.1) is 13.8 Å². The average molecular weight is 533 g/mol. The van der Waals surface area contributed by atoms with Crippen molar-refractivity contribution in [3.63, 3.8) is 0 Å². The van der Waals surface area contributed by atoms with Crippen molar-refractivity contribution >= 4 is 6.09 Å². The van der Waals surface area contributed by atoms with E-state index in [0.29, 0.717) is 25.0 Å². The molecule has 0 N–H and O–H groups in total. The number of piperidine rings is 1. The first kappa shape index (κ1) is 27.1. The Hall–Kier alpha value is -3.49. The Balaban J connectivity index is 1.42. The van der Waals surface area contributed by atoms with Crippen LogP contribution in [-0.2, 0) is 4.74 Å². The van der Waals surface area contributed by atoms with Crippen LogP contribution >= 0.6 is 0 Å². The standard InChI is InChI=1S/C30H40N6O3/c1-20-17-21(2)19-24(18-20)38-28-31-14-11-25(32-28)27-26(22-9-7-6-8-10-22)33-34-36(27)23-12-15-35(16-13-23)29(37)39-30(3,4)5/h11,14,17-19,22-23H,6-10,12-13,15-16H2,1-5H3. The number of aromatic nitrogens is 5. The van der Waals surface area contributed by atoms with Gasteiger partial charge in [-0.3, -0.25) is 0 Å². The van der Waals surface area contributed by atoms with E-state index in [0.717, 1.165) is 59.6 Å². The lowest BCUT2D eigenvalue weighted by Crippen LogP contribution is -2.42. The molecule has 5 rings (SSSR count). The van der Waals surface area contributed by atoms with Crippen LogP contribution in [0.5, 0.6) is 11.8 Å². The Morgan fingerprint density at radius 2 is 1.67 bits per heavy atom. The van der Waals surface area contributed by atoms with Gasteiger partial charge in [0.2, 0.25) is 0 Å². The molecule has 39 heavy (non-hydrogen) atoms. The number of rotatable bonds is 5. The lowest BCUT2D eigenvalue weighted by Gasteiger charge is -2.33. The van der Waals surface area contributed by atoms with Gasteiger partial charge in [0, 0.05) is 25.2 Å². The van der Waals surface area contributed by atoms with Crippen LogP contribution in [0.2, 0.25) is 0 Å². The molecular formula is C30H40N6O3. The van der Waals surface area contributed by atoms with Crippen LogP contribution in [0.25, 0.3) is 11.4 Å². The quantitative estimate of drug-likeness (QED) is 0.358. The fourth-order valence-corrected chi connectivity index (χ4v) is 5.70. The second kappa shape index (κ2) is 11.3. The predicted molar refractivity (Wildman–Crippen MR) is 149 cm³/mol. The van der Waals surface area contributed by atoms with Crippen molar-refractivity contribution in [2.45, 2.75) is 97.1 Å². The first-order chi connectivity index (χ1) is 18.7. The van der Waals surface area contributed by atoms with Crippen LogP contribution in [0.1, 0.15) is 94.5 Å². The van der Waals surface area contributed by atoms with Crippen molar-refractivity contribution in [2.24, 2.45) is 0 Å². The topological polar surface area (TPSA) is 95.3 Å². The van der Waals surface area contributed by atoms with Crippen molar-refractivity contribution < 1.29 is 14.3 Å². The molecule has 2 aliphatic rings. The van der Waals surface area contributed by atoms with Crippen LogP contribution in [-0.4, -0.2) is 54.6 Å². The van der Waals surface area contributed by atoms with E-state index in [2.05, 4.69) is 16.3 Å². The van der Waals surface area contributed by atoms with Crippen LogP contribution in [0.4, 0.5) is 4.79 Å². The van der Waals surface area contributed by atoms with Crippen molar-refractivity contribution in [3.05, 3.63) is 47.3 Å². The summed E-state index contributed by atoms with van der Waals surface area (Å²) in [7, 11) is 0. The molecule has 2 aromatic heterocycles. The number of likely N-dealkylation sites (tertiary alicyclic amines) is 1. The predicted octanol–water partition coefficient (Wildman–Crippen LogP) is 6.76. The summed E-state index contributed by atoms with van der Waals surface area (Å²) in [6, 6.07) is 8.42. The molecule has 9 heteroatoms. The first-order valence-corrected chi connectivity index (χ1v) is 14.2. The lowest BCUT2D eigenvalue weighted by atomic mass is 9.85. The second-order valence-corrected chi connectivity index (χ2v) is 12.0. The summed E-state index contributed by atoms with van der Waals surface area (Å²) in [5.41, 5.74) is 4.47. The fourth-order valence-electron chi connectivity index (χ4n) is 5.70. The summed E-state index contributed by atoms with van der Waals surface area (Å²) in [6.07, 6.45) is 8.93. The molecule has 0 radical (unpaired) electrons. The van der Waals surface area contributed by atoms with Crippen molar-refractivity contribution in [2.75, 3.05) is 13.1 Å². The van der Waals surface area contributed by atoms with Gasteiger partial charge in [0.15, 0.2) is 0 Å². The minimum Gasteiger partial charge on any atom is -0.444 e. The van der Waals surface area contributed by atoms with Gasteiger partial charge >= 0.3 is 12.1 Å². The molecule has 1 aromatic carbocycles. The molecule has 3 heterocycles. The van der Waals surface area contributed by atoms with Gasteiger partial charge in [0.25, 0.3) is 0 Å².